The normalized spacial score (nSPS) is 12.7. The molecule has 2 atom stereocenters. The summed E-state index contributed by atoms with van der Waals surface area (Å²) < 4.78 is 11.5. The van der Waals surface area contributed by atoms with Crippen LogP contribution in [-0.2, 0) is 27.4 Å². The van der Waals surface area contributed by atoms with E-state index in [-0.39, 0.29) is 12.3 Å². The van der Waals surface area contributed by atoms with Gasteiger partial charge < -0.3 is 25.4 Å². The van der Waals surface area contributed by atoms with Crippen LogP contribution in [0, 0.1) is 5.92 Å². The number of rotatable bonds is 12. The minimum atomic E-state index is -0.992. The summed E-state index contributed by atoms with van der Waals surface area (Å²) >= 11 is 12.1. The number of amides is 3. The minimum absolute atomic E-state index is 0.0695. The maximum Gasteiger partial charge on any atom is 0.329 e. The molecule has 8 nitrogen and oxygen atoms in total. The lowest BCUT2D eigenvalue weighted by molar-refractivity contribution is -0.158. The summed E-state index contributed by atoms with van der Waals surface area (Å²) in [4.78, 5) is 39.5. The van der Waals surface area contributed by atoms with Crippen LogP contribution in [0.3, 0.4) is 0 Å². The molecule has 0 aliphatic rings. The number of hydrogen-bond donors (Lipinski definition) is 3. The van der Waals surface area contributed by atoms with E-state index in [0.717, 1.165) is 11.1 Å². The second kappa shape index (κ2) is 15.6. The number of halogens is 2. The molecule has 0 saturated carbocycles. The van der Waals surface area contributed by atoms with E-state index >= 15 is 0 Å². The predicted octanol–water partition coefficient (Wildman–Crippen LogP) is 7.18. The number of urea groups is 1. The second-order valence-corrected chi connectivity index (χ2v) is 12.5. The zero-order valence-corrected chi connectivity index (χ0v) is 26.6. The third kappa shape index (κ3) is 12.2. The Balaban J connectivity index is 1.71. The first-order valence-electron chi connectivity index (χ1n) is 14.1. The third-order valence-corrected chi connectivity index (χ3v) is 6.51. The van der Waals surface area contributed by atoms with E-state index in [1.165, 1.54) is 0 Å². The Hall–Kier alpha value is -3.75. The highest BCUT2D eigenvalue weighted by Gasteiger charge is 2.30. The van der Waals surface area contributed by atoms with Gasteiger partial charge in [-0.05, 0) is 74.6 Å². The van der Waals surface area contributed by atoms with Crippen molar-refractivity contribution in [2.75, 3.05) is 5.32 Å². The fourth-order valence-electron chi connectivity index (χ4n) is 4.19. The monoisotopic (exact) mass is 627 g/mol. The summed E-state index contributed by atoms with van der Waals surface area (Å²) in [6.07, 6.45) is 0.519. The Morgan fingerprint density at radius 2 is 1.44 bits per heavy atom. The van der Waals surface area contributed by atoms with Gasteiger partial charge in [-0.25, -0.2) is 9.59 Å². The highest BCUT2D eigenvalue weighted by molar-refractivity contribution is 6.35. The van der Waals surface area contributed by atoms with Gasteiger partial charge in [0.2, 0.25) is 5.91 Å². The third-order valence-electron chi connectivity index (χ3n) is 6.07. The molecule has 0 aromatic heterocycles. The number of nitrogens with one attached hydrogen (secondary N) is 3. The number of hydrogen-bond acceptors (Lipinski definition) is 5. The molecule has 0 bridgehead atoms. The lowest BCUT2D eigenvalue weighted by Crippen LogP contribution is -2.54. The number of esters is 1. The molecule has 3 amide bonds. The molecule has 2 unspecified atom stereocenters. The van der Waals surface area contributed by atoms with Gasteiger partial charge in [-0.1, -0.05) is 79.5 Å². The average molecular weight is 629 g/mol. The van der Waals surface area contributed by atoms with Crippen molar-refractivity contribution in [3.05, 3.63) is 94.0 Å². The summed E-state index contributed by atoms with van der Waals surface area (Å²) in [6.45, 7) is 9.58. The first-order valence-corrected chi connectivity index (χ1v) is 14.9. The Kier molecular flexibility index (Phi) is 12.3. The van der Waals surface area contributed by atoms with Crippen LogP contribution >= 0.6 is 23.2 Å². The molecule has 230 valence electrons. The molecule has 0 aliphatic carbocycles. The highest BCUT2D eigenvalue weighted by Crippen LogP contribution is 2.22. The van der Waals surface area contributed by atoms with Gasteiger partial charge in [0.15, 0.2) is 0 Å². The maximum absolute atomic E-state index is 13.5. The van der Waals surface area contributed by atoms with Crippen molar-refractivity contribution in [1.29, 1.82) is 0 Å². The van der Waals surface area contributed by atoms with Gasteiger partial charge >= 0.3 is 12.0 Å². The zero-order valence-electron chi connectivity index (χ0n) is 25.1. The Labute approximate surface area is 263 Å². The fraction of sp³-hybridized carbons (Fsp3) is 0.364. The van der Waals surface area contributed by atoms with E-state index in [0.29, 0.717) is 34.5 Å². The zero-order chi connectivity index (χ0) is 31.6. The van der Waals surface area contributed by atoms with E-state index in [1.807, 2.05) is 68.4 Å². The van der Waals surface area contributed by atoms with Crippen molar-refractivity contribution in [2.45, 2.75) is 71.8 Å². The van der Waals surface area contributed by atoms with Crippen molar-refractivity contribution in [2.24, 2.45) is 5.92 Å². The van der Waals surface area contributed by atoms with Crippen molar-refractivity contribution in [1.82, 2.24) is 10.6 Å². The molecule has 0 heterocycles. The van der Waals surface area contributed by atoms with Crippen LogP contribution in [0.5, 0.6) is 5.75 Å². The van der Waals surface area contributed by atoms with E-state index < -0.39 is 35.6 Å². The van der Waals surface area contributed by atoms with E-state index in [4.69, 9.17) is 32.7 Å². The van der Waals surface area contributed by atoms with Gasteiger partial charge in [-0.15, -0.1) is 0 Å². The SMILES string of the molecule is CC(C)CC(NC(=O)Nc1cc(Cl)cc(Cl)c1)C(=O)NC(Cc1ccc(OCc2ccccc2)cc1)C(=O)OC(C)(C)C. The molecular weight excluding hydrogens is 589 g/mol. The van der Waals surface area contributed by atoms with Gasteiger partial charge in [0, 0.05) is 22.2 Å². The number of anilines is 1. The lowest BCUT2D eigenvalue weighted by Gasteiger charge is -2.27. The van der Waals surface area contributed by atoms with Crippen molar-refractivity contribution in [3.8, 4) is 5.75 Å². The molecule has 0 fully saturated rings. The largest absolute Gasteiger partial charge is 0.489 e. The summed E-state index contributed by atoms with van der Waals surface area (Å²) in [7, 11) is 0. The molecule has 3 N–H and O–H groups in total. The summed E-state index contributed by atoms with van der Waals surface area (Å²) in [6, 6.07) is 19.3. The van der Waals surface area contributed by atoms with Gasteiger partial charge in [0.1, 0.15) is 30.0 Å². The van der Waals surface area contributed by atoms with Gasteiger partial charge in [0.05, 0.1) is 0 Å². The Bertz CT molecular complexity index is 1360. The minimum Gasteiger partial charge on any atom is -0.489 e. The average Bonchev–Trinajstić information content (AvgIpc) is 2.90. The van der Waals surface area contributed by atoms with Crippen molar-refractivity contribution in [3.63, 3.8) is 0 Å². The first-order chi connectivity index (χ1) is 20.3. The number of ether oxygens (including phenoxy) is 2. The van der Waals surface area contributed by atoms with Gasteiger partial charge in [-0.2, -0.15) is 0 Å². The number of carbonyl (C=O) groups is 3. The van der Waals surface area contributed by atoms with Crippen molar-refractivity contribution < 1.29 is 23.9 Å². The standard InChI is InChI=1S/C33H39Cl2N3O5/c1-21(2)15-28(38-32(41)36-26-18-24(34)17-25(35)19-26)30(39)37-29(31(40)43-33(3,4)5)16-22-11-13-27(14-12-22)42-20-23-9-7-6-8-10-23/h6-14,17-19,21,28-29H,15-16,20H2,1-5H3,(H,37,39)(H2,36,38,41). The number of carbonyl (C=O) groups excluding carboxylic acids is 3. The van der Waals surface area contributed by atoms with E-state index in [1.54, 1.807) is 39.0 Å². The highest BCUT2D eigenvalue weighted by atomic mass is 35.5. The molecule has 0 spiro atoms. The van der Waals surface area contributed by atoms with E-state index in [9.17, 15) is 14.4 Å². The summed E-state index contributed by atoms with van der Waals surface area (Å²) in [5.41, 5.74) is 1.46. The van der Waals surface area contributed by atoms with Crippen LogP contribution in [0.25, 0.3) is 0 Å². The van der Waals surface area contributed by atoms with Gasteiger partial charge in [-0.3, -0.25) is 4.79 Å². The molecule has 3 rings (SSSR count). The Morgan fingerprint density at radius 3 is 2.02 bits per heavy atom. The fourth-order valence-corrected chi connectivity index (χ4v) is 4.72. The lowest BCUT2D eigenvalue weighted by atomic mass is 10.0. The summed E-state index contributed by atoms with van der Waals surface area (Å²) in [5.74, 6) is -0.336. The molecule has 0 aliphatic heterocycles. The molecule has 0 saturated heterocycles. The summed E-state index contributed by atoms with van der Waals surface area (Å²) in [5, 5.41) is 8.89. The first kappa shape index (κ1) is 33.7. The maximum atomic E-state index is 13.5. The van der Waals surface area contributed by atoms with Crippen LogP contribution in [0.15, 0.2) is 72.8 Å². The molecule has 3 aromatic rings. The van der Waals surface area contributed by atoms with E-state index in [2.05, 4.69) is 16.0 Å². The molecule has 43 heavy (non-hydrogen) atoms. The van der Waals surface area contributed by atoms with Gasteiger partial charge in [0.25, 0.3) is 0 Å². The van der Waals surface area contributed by atoms with Crippen LogP contribution in [-0.4, -0.2) is 35.6 Å². The molecule has 10 heteroatoms. The van der Waals surface area contributed by atoms with Crippen molar-refractivity contribution >= 4 is 46.8 Å². The second-order valence-electron chi connectivity index (χ2n) is 11.7. The quantitative estimate of drug-likeness (QED) is 0.184. The van der Waals surface area contributed by atoms with Crippen LogP contribution < -0.4 is 20.7 Å². The van der Waals surface area contributed by atoms with Crippen LogP contribution in [0.2, 0.25) is 10.0 Å². The van der Waals surface area contributed by atoms with Crippen LogP contribution in [0.4, 0.5) is 10.5 Å². The number of benzene rings is 3. The molecular formula is C33H39Cl2N3O5. The topological polar surface area (TPSA) is 106 Å². The molecule has 0 radical (unpaired) electrons. The Morgan fingerprint density at radius 1 is 0.814 bits per heavy atom. The smallest absolute Gasteiger partial charge is 0.329 e. The van der Waals surface area contributed by atoms with Crippen LogP contribution in [0.1, 0.15) is 52.2 Å². The molecule has 3 aromatic carbocycles. The predicted molar refractivity (Wildman–Crippen MR) is 171 cm³/mol.